The van der Waals surface area contributed by atoms with Gasteiger partial charge in [-0.3, -0.25) is 9.59 Å². The van der Waals surface area contributed by atoms with Gasteiger partial charge in [0, 0.05) is 10.6 Å². The predicted molar refractivity (Wildman–Crippen MR) is 113 cm³/mol. The molecule has 2 aromatic carbocycles. The Labute approximate surface area is 171 Å². The fourth-order valence-corrected chi connectivity index (χ4v) is 3.30. The van der Waals surface area contributed by atoms with Crippen LogP contribution in [0.4, 0.5) is 5.69 Å². The van der Waals surface area contributed by atoms with E-state index in [1.54, 1.807) is 37.3 Å². The van der Waals surface area contributed by atoms with Crippen molar-refractivity contribution in [2.75, 3.05) is 5.32 Å². The van der Waals surface area contributed by atoms with Crippen LogP contribution >= 0.6 is 11.3 Å². The van der Waals surface area contributed by atoms with Gasteiger partial charge < -0.3 is 15.5 Å². The van der Waals surface area contributed by atoms with E-state index in [-0.39, 0.29) is 23.0 Å². The minimum Gasteiger partial charge on any atom is -0.508 e. The summed E-state index contributed by atoms with van der Waals surface area (Å²) in [5.74, 6) is -1.25. The molecule has 1 aromatic heterocycles. The number of phenolic OH excluding ortho intramolecular Hbond substituents is 2. The number of aromatic hydroxyl groups is 2. The van der Waals surface area contributed by atoms with Gasteiger partial charge in [-0.2, -0.15) is 5.10 Å². The highest BCUT2D eigenvalue weighted by molar-refractivity contribution is 7.14. The molecule has 3 rings (SSSR count). The Morgan fingerprint density at radius 2 is 1.79 bits per heavy atom. The summed E-state index contributed by atoms with van der Waals surface area (Å²) >= 11 is 1.42. The molecule has 0 fully saturated rings. The van der Waals surface area contributed by atoms with Gasteiger partial charge in [0.1, 0.15) is 11.5 Å². The number of hydrazone groups is 1. The van der Waals surface area contributed by atoms with Crippen LogP contribution in [0.1, 0.15) is 37.4 Å². The number of anilines is 1. The highest BCUT2D eigenvalue weighted by Gasteiger charge is 2.12. The smallest absolute Gasteiger partial charge is 0.275 e. The van der Waals surface area contributed by atoms with E-state index in [0.717, 1.165) is 10.9 Å². The normalized spacial score (nSPS) is 11.2. The van der Waals surface area contributed by atoms with Gasteiger partial charge >= 0.3 is 0 Å². The summed E-state index contributed by atoms with van der Waals surface area (Å²) < 4.78 is 0. The van der Waals surface area contributed by atoms with Crippen LogP contribution in [0.25, 0.3) is 0 Å². The third kappa shape index (κ3) is 4.99. The van der Waals surface area contributed by atoms with Gasteiger partial charge in [0.15, 0.2) is 0 Å². The molecule has 0 atom stereocenters. The van der Waals surface area contributed by atoms with Crippen molar-refractivity contribution in [3.63, 3.8) is 0 Å². The highest BCUT2D eigenvalue weighted by atomic mass is 32.1. The van der Waals surface area contributed by atoms with Crippen molar-refractivity contribution in [1.29, 1.82) is 0 Å². The fourth-order valence-electron chi connectivity index (χ4n) is 2.54. The van der Waals surface area contributed by atoms with Crippen LogP contribution in [0.5, 0.6) is 11.5 Å². The molecule has 3 aromatic rings. The Kier molecular flexibility index (Phi) is 5.94. The summed E-state index contributed by atoms with van der Waals surface area (Å²) in [6.45, 7) is 3.64. The van der Waals surface area contributed by atoms with Crippen LogP contribution in [0.15, 0.2) is 59.7 Å². The van der Waals surface area contributed by atoms with Crippen LogP contribution in [-0.4, -0.2) is 27.7 Å². The van der Waals surface area contributed by atoms with E-state index in [1.807, 2.05) is 13.0 Å². The zero-order chi connectivity index (χ0) is 21.0. The number of phenols is 2. The lowest BCUT2D eigenvalue weighted by molar-refractivity contribution is 0.0951. The second-order valence-electron chi connectivity index (χ2n) is 6.28. The van der Waals surface area contributed by atoms with Gasteiger partial charge in [-0.15, -0.1) is 11.3 Å². The average molecular weight is 409 g/mol. The van der Waals surface area contributed by atoms with Crippen LogP contribution in [0, 0.1) is 6.92 Å². The van der Waals surface area contributed by atoms with E-state index in [2.05, 4.69) is 15.8 Å². The van der Waals surface area contributed by atoms with E-state index in [1.165, 1.54) is 23.5 Å². The molecule has 148 valence electrons. The van der Waals surface area contributed by atoms with Gasteiger partial charge in [0.25, 0.3) is 11.8 Å². The number of amides is 2. The number of carbonyl (C=O) groups excluding carboxylic acids is 2. The number of thiophene rings is 1. The molecule has 0 saturated carbocycles. The molecule has 0 unspecified atom stereocenters. The number of nitrogens with one attached hydrogen (secondary N) is 2. The number of benzene rings is 2. The maximum absolute atomic E-state index is 12.3. The molecule has 0 aliphatic rings. The third-order valence-corrected chi connectivity index (χ3v) is 5.05. The topological polar surface area (TPSA) is 111 Å². The molecule has 0 saturated heterocycles. The largest absolute Gasteiger partial charge is 0.508 e. The Morgan fingerprint density at radius 3 is 2.52 bits per heavy atom. The fraction of sp³-hybridized carbons (Fsp3) is 0.0952. The number of aryl methyl sites for hydroxylation is 1. The third-order valence-electron chi connectivity index (χ3n) is 4.05. The molecule has 8 heteroatoms. The Bertz CT molecular complexity index is 1100. The van der Waals surface area contributed by atoms with Crippen LogP contribution in [-0.2, 0) is 0 Å². The molecule has 0 aliphatic heterocycles. The van der Waals surface area contributed by atoms with Crippen LogP contribution in [0.3, 0.4) is 0 Å². The summed E-state index contributed by atoms with van der Waals surface area (Å²) in [5.41, 5.74) is 4.06. The number of nitrogens with zero attached hydrogens (tertiary/aromatic N) is 1. The summed E-state index contributed by atoms with van der Waals surface area (Å²) in [7, 11) is 0. The molecule has 7 nitrogen and oxygen atoms in total. The van der Waals surface area contributed by atoms with Crippen LogP contribution < -0.4 is 10.7 Å². The lowest BCUT2D eigenvalue weighted by Crippen LogP contribution is -2.19. The Balaban J connectivity index is 1.71. The molecule has 1 heterocycles. The first kappa shape index (κ1) is 20.1. The molecule has 29 heavy (non-hydrogen) atoms. The van der Waals surface area contributed by atoms with Crippen molar-refractivity contribution in [3.8, 4) is 11.5 Å². The maximum Gasteiger partial charge on any atom is 0.275 e. The number of carbonyl (C=O) groups is 2. The monoisotopic (exact) mass is 409 g/mol. The second-order valence-corrected chi connectivity index (χ2v) is 7.57. The number of hydrogen-bond acceptors (Lipinski definition) is 6. The summed E-state index contributed by atoms with van der Waals surface area (Å²) in [4.78, 5) is 26.2. The first-order valence-corrected chi connectivity index (χ1v) is 9.50. The van der Waals surface area contributed by atoms with Crippen molar-refractivity contribution < 1.29 is 19.8 Å². The average Bonchev–Trinajstić information content (AvgIpc) is 3.14. The quantitative estimate of drug-likeness (QED) is 0.291. The lowest BCUT2D eigenvalue weighted by Gasteiger charge is -2.08. The van der Waals surface area contributed by atoms with Gasteiger partial charge in [-0.25, -0.2) is 5.43 Å². The van der Waals surface area contributed by atoms with Crippen molar-refractivity contribution in [1.82, 2.24) is 5.43 Å². The minimum absolute atomic E-state index is 0.0891. The van der Waals surface area contributed by atoms with Gasteiger partial charge in [-0.05, 0) is 61.9 Å². The second kappa shape index (κ2) is 8.57. The Hall–Kier alpha value is -3.65. The molecule has 0 spiro atoms. The molecule has 0 radical (unpaired) electrons. The standard InChI is InChI=1S/C21H19N3O4S/c1-12-6-9-19(29-12)21(28)22-15-5-3-4-14(10-15)13(2)23-24-20(27)17-11-16(25)7-8-18(17)26/h3-11,25-26H,1-2H3,(H,22,28)(H,24,27). The van der Waals surface area contributed by atoms with Crippen molar-refractivity contribution in [2.45, 2.75) is 13.8 Å². The zero-order valence-electron chi connectivity index (χ0n) is 15.8. The van der Waals surface area contributed by atoms with Crippen LogP contribution in [0.2, 0.25) is 0 Å². The maximum atomic E-state index is 12.3. The predicted octanol–water partition coefficient (Wildman–Crippen LogP) is 3.87. The molecular weight excluding hydrogens is 390 g/mol. The first-order valence-electron chi connectivity index (χ1n) is 8.68. The van der Waals surface area contributed by atoms with Gasteiger partial charge in [0.05, 0.1) is 16.2 Å². The van der Waals surface area contributed by atoms with Gasteiger partial charge in [-0.1, -0.05) is 12.1 Å². The Morgan fingerprint density at radius 1 is 1.00 bits per heavy atom. The van der Waals surface area contributed by atoms with E-state index in [4.69, 9.17) is 0 Å². The molecule has 4 N–H and O–H groups in total. The zero-order valence-corrected chi connectivity index (χ0v) is 16.6. The summed E-state index contributed by atoms with van der Waals surface area (Å²) in [6.07, 6.45) is 0. The molecule has 0 bridgehead atoms. The highest BCUT2D eigenvalue weighted by Crippen LogP contribution is 2.22. The van der Waals surface area contributed by atoms with Crippen molar-refractivity contribution >= 4 is 34.6 Å². The molecule has 0 aliphatic carbocycles. The van der Waals surface area contributed by atoms with Gasteiger partial charge in [0.2, 0.25) is 0 Å². The first-order chi connectivity index (χ1) is 13.8. The minimum atomic E-state index is -0.657. The van der Waals surface area contributed by atoms with E-state index >= 15 is 0 Å². The SMILES string of the molecule is CC(=NNC(=O)c1cc(O)ccc1O)c1cccc(NC(=O)c2ccc(C)s2)c1. The lowest BCUT2D eigenvalue weighted by atomic mass is 10.1. The van der Waals surface area contributed by atoms with Crippen molar-refractivity contribution in [3.05, 3.63) is 75.5 Å². The summed E-state index contributed by atoms with van der Waals surface area (Å²) in [6, 6.07) is 14.4. The molecular formula is C21H19N3O4S. The number of rotatable bonds is 5. The molecule has 2 amide bonds. The van der Waals surface area contributed by atoms with Crippen molar-refractivity contribution in [2.24, 2.45) is 5.10 Å². The van der Waals surface area contributed by atoms with E-state index in [9.17, 15) is 19.8 Å². The van der Waals surface area contributed by atoms with E-state index in [0.29, 0.717) is 21.8 Å². The van der Waals surface area contributed by atoms with E-state index < -0.39 is 5.91 Å². The summed E-state index contributed by atoms with van der Waals surface area (Å²) in [5, 5.41) is 26.1. The number of hydrogen-bond donors (Lipinski definition) is 4.